The summed E-state index contributed by atoms with van der Waals surface area (Å²) in [7, 11) is 0. The monoisotopic (exact) mass is 336 g/mol. The Morgan fingerprint density at radius 1 is 1.10 bits per heavy atom. The maximum Gasteiger partial charge on any atom is 0.166 e. The molecule has 3 heteroatoms. The van der Waals surface area contributed by atoms with Gasteiger partial charge in [-0.05, 0) is 47.7 Å². The summed E-state index contributed by atoms with van der Waals surface area (Å²) < 4.78 is 19.8. The summed E-state index contributed by atoms with van der Waals surface area (Å²) in [5.41, 5.74) is 3.07. The van der Waals surface area contributed by atoms with Gasteiger partial charge in [0.25, 0.3) is 0 Å². The summed E-state index contributed by atoms with van der Waals surface area (Å²) in [5, 5.41) is 0.631. The summed E-state index contributed by atoms with van der Waals surface area (Å²) in [6.07, 6.45) is 0. The van der Waals surface area contributed by atoms with Crippen LogP contribution in [-0.4, -0.2) is 0 Å². The van der Waals surface area contributed by atoms with E-state index < -0.39 is 0 Å². The summed E-state index contributed by atoms with van der Waals surface area (Å²) in [5.74, 6) is 0.987. The van der Waals surface area contributed by atoms with Crippen LogP contribution in [0.25, 0.3) is 0 Å². The van der Waals surface area contributed by atoms with Crippen molar-refractivity contribution in [3.63, 3.8) is 0 Å². The van der Waals surface area contributed by atoms with Crippen LogP contribution in [0.4, 0.5) is 4.39 Å². The first-order valence-electron chi connectivity index (χ1n) is 6.64. The lowest BCUT2D eigenvalue weighted by atomic mass is 10.0. The molecule has 1 nitrogen and oxygen atoms in total. The van der Waals surface area contributed by atoms with Crippen LogP contribution in [0.15, 0.2) is 36.4 Å². The van der Waals surface area contributed by atoms with Crippen molar-refractivity contribution < 1.29 is 9.13 Å². The molecular weight excluding hydrogens is 319 g/mol. The zero-order chi connectivity index (χ0) is 14.7. The van der Waals surface area contributed by atoms with Gasteiger partial charge in [-0.15, -0.1) is 0 Å². The summed E-state index contributed by atoms with van der Waals surface area (Å²) in [6.45, 7) is 6.20. The van der Waals surface area contributed by atoms with Gasteiger partial charge in [0.15, 0.2) is 11.6 Å². The Balaban J connectivity index is 2.36. The van der Waals surface area contributed by atoms with Gasteiger partial charge in [0.1, 0.15) is 5.75 Å². The number of aryl methyl sites for hydroxylation is 1. The summed E-state index contributed by atoms with van der Waals surface area (Å²) in [4.78, 5) is 0. The van der Waals surface area contributed by atoms with Crippen molar-refractivity contribution in [2.45, 2.75) is 32.0 Å². The molecule has 2 rings (SSSR count). The molecule has 2 aromatic carbocycles. The second kappa shape index (κ2) is 6.40. The van der Waals surface area contributed by atoms with Crippen molar-refractivity contribution in [3.05, 3.63) is 58.9 Å². The molecule has 0 aliphatic rings. The molecule has 0 saturated carbocycles. The molecule has 0 fully saturated rings. The Morgan fingerprint density at radius 3 is 2.45 bits per heavy atom. The van der Waals surface area contributed by atoms with E-state index in [1.807, 2.05) is 31.2 Å². The Hall–Kier alpha value is -1.35. The van der Waals surface area contributed by atoms with E-state index in [4.69, 9.17) is 4.74 Å². The molecule has 106 valence electrons. The van der Waals surface area contributed by atoms with Gasteiger partial charge in [-0.25, -0.2) is 4.39 Å². The molecule has 0 heterocycles. The van der Waals surface area contributed by atoms with Gasteiger partial charge in [0.2, 0.25) is 0 Å². The van der Waals surface area contributed by atoms with Gasteiger partial charge in [-0.3, -0.25) is 0 Å². The fraction of sp³-hybridized carbons (Fsp3) is 0.294. The number of hydrogen-bond donors (Lipinski definition) is 0. The lowest BCUT2D eigenvalue weighted by molar-refractivity contribution is 0.435. The van der Waals surface area contributed by atoms with E-state index in [2.05, 4.69) is 29.8 Å². The van der Waals surface area contributed by atoms with Gasteiger partial charge in [-0.2, -0.15) is 0 Å². The fourth-order valence-electron chi connectivity index (χ4n) is 2.04. The molecule has 2 aromatic rings. The predicted molar refractivity (Wildman–Crippen MR) is 84.4 cm³/mol. The molecule has 0 aromatic heterocycles. The molecule has 0 saturated heterocycles. The lowest BCUT2D eigenvalue weighted by Crippen LogP contribution is -1.96. The van der Waals surface area contributed by atoms with E-state index in [0.29, 0.717) is 11.2 Å². The van der Waals surface area contributed by atoms with Gasteiger partial charge in [0.05, 0.1) is 0 Å². The Bertz CT molecular complexity index is 608. The second-order valence-corrected chi connectivity index (χ2v) is 5.76. The van der Waals surface area contributed by atoms with E-state index in [1.54, 1.807) is 6.07 Å². The minimum atomic E-state index is -0.335. The lowest BCUT2D eigenvalue weighted by Gasteiger charge is -2.15. The average Bonchev–Trinajstić information content (AvgIpc) is 2.40. The minimum Gasteiger partial charge on any atom is -0.454 e. The number of alkyl halides is 1. The number of benzene rings is 2. The first kappa shape index (κ1) is 15.0. The van der Waals surface area contributed by atoms with E-state index in [0.717, 1.165) is 22.4 Å². The van der Waals surface area contributed by atoms with E-state index in [1.165, 1.54) is 6.07 Å². The largest absolute Gasteiger partial charge is 0.454 e. The molecule has 0 aliphatic heterocycles. The number of hydrogen-bond acceptors (Lipinski definition) is 1. The van der Waals surface area contributed by atoms with Crippen molar-refractivity contribution in [1.82, 2.24) is 0 Å². The molecule has 0 unspecified atom stereocenters. The molecule has 0 radical (unpaired) electrons. The predicted octanol–water partition coefficient (Wildman–Crippen LogP) is 5.94. The zero-order valence-electron chi connectivity index (χ0n) is 11.9. The van der Waals surface area contributed by atoms with Crippen LogP contribution in [0.1, 0.15) is 36.5 Å². The van der Waals surface area contributed by atoms with Crippen LogP contribution >= 0.6 is 15.9 Å². The second-order valence-electron chi connectivity index (χ2n) is 5.20. The van der Waals surface area contributed by atoms with Crippen LogP contribution < -0.4 is 4.74 Å². The highest BCUT2D eigenvalue weighted by Gasteiger charge is 2.12. The highest BCUT2D eigenvalue weighted by atomic mass is 79.9. The topological polar surface area (TPSA) is 9.23 Å². The third-order valence-corrected chi connectivity index (χ3v) is 3.81. The van der Waals surface area contributed by atoms with Crippen LogP contribution in [-0.2, 0) is 5.33 Å². The van der Waals surface area contributed by atoms with E-state index >= 15 is 0 Å². The molecule has 0 atom stereocenters. The summed E-state index contributed by atoms with van der Waals surface area (Å²) in [6, 6.07) is 11.1. The van der Waals surface area contributed by atoms with E-state index in [-0.39, 0.29) is 11.6 Å². The van der Waals surface area contributed by atoms with Crippen molar-refractivity contribution in [2.75, 3.05) is 0 Å². The van der Waals surface area contributed by atoms with Crippen LogP contribution in [0.3, 0.4) is 0 Å². The molecule has 20 heavy (non-hydrogen) atoms. The van der Waals surface area contributed by atoms with E-state index in [9.17, 15) is 4.39 Å². The van der Waals surface area contributed by atoms with Gasteiger partial charge < -0.3 is 4.74 Å². The molecule has 0 N–H and O–H groups in total. The van der Waals surface area contributed by atoms with Crippen LogP contribution in [0.5, 0.6) is 11.5 Å². The van der Waals surface area contributed by atoms with Crippen molar-refractivity contribution in [1.29, 1.82) is 0 Å². The van der Waals surface area contributed by atoms with Crippen molar-refractivity contribution in [3.8, 4) is 11.5 Å². The van der Waals surface area contributed by atoms with Crippen LogP contribution in [0.2, 0.25) is 0 Å². The maximum absolute atomic E-state index is 14.0. The SMILES string of the molecule is Cc1ccc(C(C)C)c(Oc2ccc(CBr)cc2F)c1. The minimum absolute atomic E-state index is 0.266. The third kappa shape index (κ3) is 3.40. The first-order chi connectivity index (χ1) is 9.51. The molecule has 0 amide bonds. The smallest absolute Gasteiger partial charge is 0.166 e. The number of ether oxygens (including phenoxy) is 1. The Kier molecular flexibility index (Phi) is 4.81. The quantitative estimate of drug-likeness (QED) is 0.627. The van der Waals surface area contributed by atoms with Gasteiger partial charge >= 0.3 is 0 Å². The summed E-state index contributed by atoms with van der Waals surface area (Å²) >= 11 is 3.32. The van der Waals surface area contributed by atoms with Gasteiger partial charge in [-0.1, -0.05) is 48.0 Å². The Labute approximate surface area is 127 Å². The van der Waals surface area contributed by atoms with Crippen LogP contribution in [0, 0.1) is 12.7 Å². The Morgan fingerprint density at radius 2 is 1.85 bits per heavy atom. The normalized spacial score (nSPS) is 10.9. The van der Waals surface area contributed by atoms with Crippen molar-refractivity contribution in [2.24, 2.45) is 0 Å². The number of rotatable bonds is 4. The van der Waals surface area contributed by atoms with Gasteiger partial charge in [0, 0.05) is 5.33 Å². The highest BCUT2D eigenvalue weighted by Crippen LogP contribution is 2.33. The standard InChI is InChI=1S/C17H18BrFO/c1-11(2)14-6-4-12(3)8-17(14)20-16-7-5-13(10-18)9-15(16)19/h4-9,11H,10H2,1-3H3. The highest BCUT2D eigenvalue weighted by molar-refractivity contribution is 9.08. The maximum atomic E-state index is 14.0. The number of halogens is 2. The third-order valence-electron chi connectivity index (χ3n) is 3.16. The molecule has 0 aliphatic carbocycles. The zero-order valence-corrected chi connectivity index (χ0v) is 13.5. The first-order valence-corrected chi connectivity index (χ1v) is 7.76. The molecule has 0 bridgehead atoms. The van der Waals surface area contributed by atoms with Crippen molar-refractivity contribution >= 4 is 15.9 Å². The average molecular weight is 337 g/mol. The fourth-order valence-corrected chi connectivity index (χ4v) is 2.38. The molecular formula is C17H18BrFO. The molecule has 0 spiro atoms.